The van der Waals surface area contributed by atoms with Gasteiger partial charge in [0.1, 0.15) is 0 Å². The second kappa shape index (κ2) is 3.59. The highest BCUT2D eigenvalue weighted by molar-refractivity contribution is 5.89. The maximum absolute atomic E-state index is 11.6. The van der Waals surface area contributed by atoms with Gasteiger partial charge in [-0.15, -0.1) is 0 Å². The van der Waals surface area contributed by atoms with Crippen LogP contribution in [0.15, 0.2) is 0 Å². The van der Waals surface area contributed by atoms with E-state index in [1.165, 1.54) is 0 Å². The second-order valence-corrected chi connectivity index (χ2v) is 4.49. The minimum Gasteiger partial charge on any atom is -0.355 e. The summed E-state index contributed by atoms with van der Waals surface area (Å²) in [6, 6.07) is 0.355. The minimum atomic E-state index is -0.140. The zero-order chi connectivity index (χ0) is 10.1. The summed E-state index contributed by atoms with van der Waals surface area (Å²) in [4.78, 5) is 22.5. The molecule has 1 heterocycles. The molecule has 0 aromatic heterocycles. The Hall–Kier alpha value is -1.06. The molecule has 4 heteroatoms. The number of nitrogens with one attached hydrogen (secondary N) is 2. The third-order valence-electron chi connectivity index (χ3n) is 3.07. The summed E-state index contributed by atoms with van der Waals surface area (Å²) in [5, 5.41) is 5.65. The number of rotatable bonds is 2. The summed E-state index contributed by atoms with van der Waals surface area (Å²) in [5.74, 6) is 0.634. The molecule has 0 spiro atoms. The first-order valence-electron chi connectivity index (χ1n) is 5.22. The molecule has 2 rings (SSSR count). The highest BCUT2D eigenvalue weighted by Crippen LogP contribution is 2.26. The lowest BCUT2D eigenvalue weighted by molar-refractivity contribution is -0.127. The van der Waals surface area contributed by atoms with Crippen LogP contribution in [0.2, 0.25) is 0 Å². The molecule has 0 bridgehead atoms. The van der Waals surface area contributed by atoms with Crippen LogP contribution >= 0.6 is 0 Å². The van der Waals surface area contributed by atoms with Crippen LogP contribution in [0.3, 0.4) is 0 Å². The normalized spacial score (nSPS) is 36.1. The maximum atomic E-state index is 11.6. The van der Waals surface area contributed by atoms with E-state index in [0.717, 1.165) is 18.8 Å². The SMILES string of the molecule is CC1CC(NC(=O)C2CNC(=O)C2)C1. The molecule has 2 amide bonds. The Morgan fingerprint density at radius 2 is 2.21 bits per heavy atom. The van der Waals surface area contributed by atoms with Gasteiger partial charge >= 0.3 is 0 Å². The standard InChI is InChI=1S/C10H16N2O2/c1-6-2-8(3-6)12-10(14)7-4-9(13)11-5-7/h6-8H,2-5H2,1H3,(H,11,13)(H,12,14). The van der Waals surface area contributed by atoms with Crippen LogP contribution in [0.25, 0.3) is 0 Å². The third-order valence-corrected chi connectivity index (χ3v) is 3.07. The first-order valence-corrected chi connectivity index (χ1v) is 5.22. The molecule has 78 valence electrons. The van der Waals surface area contributed by atoms with Crippen molar-refractivity contribution >= 4 is 11.8 Å². The fourth-order valence-corrected chi connectivity index (χ4v) is 2.13. The molecular weight excluding hydrogens is 180 g/mol. The van der Waals surface area contributed by atoms with Crippen LogP contribution in [0.5, 0.6) is 0 Å². The Morgan fingerprint density at radius 1 is 1.50 bits per heavy atom. The highest BCUT2D eigenvalue weighted by Gasteiger charge is 2.32. The van der Waals surface area contributed by atoms with E-state index in [1.54, 1.807) is 0 Å². The summed E-state index contributed by atoms with van der Waals surface area (Å²) < 4.78 is 0. The summed E-state index contributed by atoms with van der Waals surface area (Å²) >= 11 is 0. The molecule has 1 saturated carbocycles. The van der Waals surface area contributed by atoms with E-state index in [2.05, 4.69) is 17.6 Å². The van der Waals surface area contributed by atoms with E-state index in [1.807, 2.05) is 0 Å². The molecule has 0 aromatic carbocycles. The number of hydrogen-bond acceptors (Lipinski definition) is 2. The van der Waals surface area contributed by atoms with Crippen molar-refractivity contribution in [2.75, 3.05) is 6.54 Å². The van der Waals surface area contributed by atoms with Crippen molar-refractivity contribution in [3.05, 3.63) is 0 Å². The van der Waals surface area contributed by atoms with Gasteiger partial charge in [0.05, 0.1) is 5.92 Å². The lowest BCUT2D eigenvalue weighted by Crippen LogP contribution is -2.46. The zero-order valence-corrected chi connectivity index (χ0v) is 8.38. The van der Waals surface area contributed by atoms with Gasteiger partial charge in [0.2, 0.25) is 11.8 Å². The van der Waals surface area contributed by atoms with Crippen molar-refractivity contribution in [2.24, 2.45) is 11.8 Å². The van der Waals surface area contributed by atoms with E-state index >= 15 is 0 Å². The average Bonchev–Trinajstić information content (AvgIpc) is 2.49. The molecule has 2 fully saturated rings. The number of hydrogen-bond donors (Lipinski definition) is 2. The van der Waals surface area contributed by atoms with E-state index in [9.17, 15) is 9.59 Å². The molecule has 1 atom stereocenters. The summed E-state index contributed by atoms with van der Waals surface area (Å²) in [7, 11) is 0. The molecule has 14 heavy (non-hydrogen) atoms. The van der Waals surface area contributed by atoms with E-state index in [0.29, 0.717) is 19.0 Å². The Labute approximate surface area is 83.4 Å². The molecule has 4 nitrogen and oxygen atoms in total. The third kappa shape index (κ3) is 1.89. The van der Waals surface area contributed by atoms with Crippen LogP contribution < -0.4 is 10.6 Å². The van der Waals surface area contributed by atoms with Gasteiger partial charge in [-0.05, 0) is 18.8 Å². The van der Waals surface area contributed by atoms with Crippen molar-refractivity contribution < 1.29 is 9.59 Å². The molecule has 2 aliphatic rings. The number of carbonyl (C=O) groups excluding carboxylic acids is 2. The molecular formula is C10H16N2O2. The molecule has 1 unspecified atom stereocenters. The maximum Gasteiger partial charge on any atom is 0.225 e. The van der Waals surface area contributed by atoms with Crippen molar-refractivity contribution in [3.63, 3.8) is 0 Å². The highest BCUT2D eigenvalue weighted by atomic mass is 16.2. The predicted molar refractivity (Wildman–Crippen MR) is 51.4 cm³/mol. The van der Waals surface area contributed by atoms with E-state index < -0.39 is 0 Å². The topological polar surface area (TPSA) is 58.2 Å². The Bertz CT molecular complexity index is 259. The monoisotopic (exact) mass is 196 g/mol. The first-order chi connectivity index (χ1) is 6.65. The molecule has 0 aromatic rings. The minimum absolute atomic E-state index is 0.00729. The van der Waals surface area contributed by atoms with Gasteiger partial charge in [-0.1, -0.05) is 6.92 Å². The quantitative estimate of drug-likeness (QED) is 0.655. The van der Waals surface area contributed by atoms with Crippen LogP contribution in [-0.2, 0) is 9.59 Å². The Kier molecular flexibility index (Phi) is 2.44. The van der Waals surface area contributed by atoms with E-state index in [-0.39, 0.29) is 17.7 Å². The molecule has 0 radical (unpaired) electrons. The van der Waals surface area contributed by atoms with Crippen molar-refractivity contribution in [2.45, 2.75) is 32.2 Å². The van der Waals surface area contributed by atoms with Crippen LogP contribution in [-0.4, -0.2) is 24.4 Å². The molecule has 1 saturated heterocycles. The lowest BCUT2D eigenvalue weighted by Gasteiger charge is -2.33. The van der Waals surface area contributed by atoms with Crippen molar-refractivity contribution in [1.82, 2.24) is 10.6 Å². The lowest BCUT2D eigenvalue weighted by atomic mass is 9.81. The largest absolute Gasteiger partial charge is 0.355 e. The van der Waals surface area contributed by atoms with Gasteiger partial charge in [-0.2, -0.15) is 0 Å². The van der Waals surface area contributed by atoms with Gasteiger partial charge in [0.15, 0.2) is 0 Å². The van der Waals surface area contributed by atoms with Gasteiger partial charge in [0, 0.05) is 19.0 Å². The van der Waals surface area contributed by atoms with E-state index in [4.69, 9.17) is 0 Å². The first kappa shape index (κ1) is 9.49. The van der Waals surface area contributed by atoms with Gasteiger partial charge < -0.3 is 10.6 Å². The van der Waals surface area contributed by atoms with Gasteiger partial charge in [-0.25, -0.2) is 0 Å². The average molecular weight is 196 g/mol. The Morgan fingerprint density at radius 3 is 2.71 bits per heavy atom. The van der Waals surface area contributed by atoms with Crippen LogP contribution in [0, 0.1) is 11.8 Å². The van der Waals surface area contributed by atoms with Crippen LogP contribution in [0.1, 0.15) is 26.2 Å². The summed E-state index contributed by atoms with van der Waals surface area (Å²) in [6.07, 6.45) is 2.52. The fraction of sp³-hybridized carbons (Fsp3) is 0.800. The van der Waals surface area contributed by atoms with Crippen molar-refractivity contribution in [3.8, 4) is 0 Å². The molecule has 1 aliphatic carbocycles. The van der Waals surface area contributed by atoms with Crippen LogP contribution in [0.4, 0.5) is 0 Å². The molecule has 2 N–H and O–H groups in total. The van der Waals surface area contributed by atoms with Crippen molar-refractivity contribution in [1.29, 1.82) is 0 Å². The summed E-state index contributed by atoms with van der Waals surface area (Å²) in [5.41, 5.74) is 0. The number of carbonyl (C=O) groups is 2. The number of amides is 2. The van der Waals surface area contributed by atoms with Gasteiger partial charge in [-0.3, -0.25) is 9.59 Å². The second-order valence-electron chi connectivity index (χ2n) is 4.49. The Balaban J connectivity index is 1.76. The fourth-order valence-electron chi connectivity index (χ4n) is 2.13. The predicted octanol–water partition coefficient (Wildman–Crippen LogP) is 0.0372. The molecule has 1 aliphatic heterocycles. The summed E-state index contributed by atoms with van der Waals surface area (Å²) in [6.45, 7) is 2.69. The zero-order valence-electron chi connectivity index (χ0n) is 8.38. The smallest absolute Gasteiger partial charge is 0.225 e. The van der Waals surface area contributed by atoms with Gasteiger partial charge in [0.25, 0.3) is 0 Å².